The first-order valence-electron chi connectivity index (χ1n) is 5.90. The first-order chi connectivity index (χ1) is 8.56. The SMILES string of the molecule is Cc1nc(CN(C)c2cc(C(C)N)ccn2)cs1. The monoisotopic (exact) mass is 262 g/mol. The second-order valence-electron chi connectivity index (χ2n) is 4.45. The molecule has 2 aromatic rings. The molecule has 0 amide bonds. The lowest BCUT2D eigenvalue weighted by Crippen LogP contribution is -2.18. The number of hydrogen-bond donors (Lipinski definition) is 1. The smallest absolute Gasteiger partial charge is 0.128 e. The fourth-order valence-corrected chi connectivity index (χ4v) is 2.33. The fraction of sp³-hybridized carbons (Fsp3) is 0.385. The van der Waals surface area contributed by atoms with Gasteiger partial charge in [0.05, 0.1) is 17.2 Å². The number of aryl methyl sites for hydroxylation is 1. The number of thiazole rings is 1. The second kappa shape index (κ2) is 5.46. The Morgan fingerprint density at radius 3 is 2.89 bits per heavy atom. The van der Waals surface area contributed by atoms with Crippen molar-refractivity contribution in [1.82, 2.24) is 9.97 Å². The third-order valence-corrected chi connectivity index (χ3v) is 3.57. The molecule has 2 heterocycles. The maximum atomic E-state index is 5.88. The predicted octanol–water partition coefficient (Wildman–Crippen LogP) is 2.50. The van der Waals surface area contributed by atoms with E-state index in [2.05, 4.69) is 20.2 Å². The van der Waals surface area contributed by atoms with Crippen LogP contribution in [0.1, 0.15) is 29.2 Å². The summed E-state index contributed by atoms with van der Waals surface area (Å²) in [6.45, 7) is 4.76. The molecule has 0 aliphatic heterocycles. The van der Waals surface area contributed by atoms with E-state index >= 15 is 0 Å². The highest BCUT2D eigenvalue weighted by atomic mass is 32.1. The van der Waals surface area contributed by atoms with E-state index in [0.29, 0.717) is 0 Å². The summed E-state index contributed by atoms with van der Waals surface area (Å²) in [6, 6.07) is 4.01. The van der Waals surface area contributed by atoms with E-state index in [1.165, 1.54) is 0 Å². The number of aromatic nitrogens is 2. The molecule has 0 aliphatic rings. The van der Waals surface area contributed by atoms with E-state index in [-0.39, 0.29) is 6.04 Å². The van der Waals surface area contributed by atoms with Crippen molar-refractivity contribution in [2.24, 2.45) is 5.73 Å². The van der Waals surface area contributed by atoms with Crippen LogP contribution in [0.4, 0.5) is 5.82 Å². The van der Waals surface area contributed by atoms with Crippen molar-refractivity contribution in [3.05, 3.63) is 40.0 Å². The first kappa shape index (κ1) is 13.0. The highest BCUT2D eigenvalue weighted by Gasteiger charge is 2.08. The average Bonchev–Trinajstić information content (AvgIpc) is 2.75. The van der Waals surface area contributed by atoms with Gasteiger partial charge in [0, 0.05) is 24.7 Å². The number of rotatable bonds is 4. The zero-order valence-corrected chi connectivity index (χ0v) is 11.7. The summed E-state index contributed by atoms with van der Waals surface area (Å²) in [5, 5.41) is 3.18. The summed E-state index contributed by atoms with van der Waals surface area (Å²) in [7, 11) is 2.02. The minimum Gasteiger partial charge on any atom is -0.354 e. The van der Waals surface area contributed by atoms with Gasteiger partial charge in [-0.15, -0.1) is 11.3 Å². The first-order valence-corrected chi connectivity index (χ1v) is 6.78. The van der Waals surface area contributed by atoms with Crippen molar-refractivity contribution < 1.29 is 0 Å². The van der Waals surface area contributed by atoms with Crippen LogP contribution in [0.2, 0.25) is 0 Å². The molecule has 2 rings (SSSR count). The van der Waals surface area contributed by atoms with Crippen molar-refractivity contribution in [1.29, 1.82) is 0 Å². The van der Waals surface area contributed by atoms with Gasteiger partial charge in [0.2, 0.25) is 0 Å². The lowest BCUT2D eigenvalue weighted by atomic mass is 10.1. The van der Waals surface area contributed by atoms with Gasteiger partial charge in [0.25, 0.3) is 0 Å². The molecule has 4 nitrogen and oxygen atoms in total. The van der Waals surface area contributed by atoms with E-state index in [1.807, 2.05) is 33.0 Å². The van der Waals surface area contributed by atoms with Crippen molar-refractivity contribution in [3.63, 3.8) is 0 Å². The van der Waals surface area contributed by atoms with Gasteiger partial charge in [-0.2, -0.15) is 0 Å². The van der Waals surface area contributed by atoms with Crippen LogP contribution in [0.15, 0.2) is 23.7 Å². The Morgan fingerprint density at radius 1 is 1.50 bits per heavy atom. The third-order valence-electron chi connectivity index (χ3n) is 2.75. The van der Waals surface area contributed by atoms with E-state index in [9.17, 15) is 0 Å². The summed E-state index contributed by atoms with van der Waals surface area (Å²) >= 11 is 1.67. The Hall–Kier alpha value is -1.46. The number of nitrogens with zero attached hydrogens (tertiary/aromatic N) is 3. The third kappa shape index (κ3) is 3.05. The van der Waals surface area contributed by atoms with Gasteiger partial charge in [-0.25, -0.2) is 9.97 Å². The van der Waals surface area contributed by atoms with Crippen LogP contribution in [0, 0.1) is 6.92 Å². The van der Waals surface area contributed by atoms with E-state index in [0.717, 1.165) is 28.6 Å². The van der Waals surface area contributed by atoms with Gasteiger partial charge in [-0.1, -0.05) is 0 Å². The van der Waals surface area contributed by atoms with Crippen LogP contribution < -0.4 is 10.6 Å². The van der Waals surface area contributed by atoms with Gasteiger partial charge in [-0.3, -0.25) is 0 Å². The zero-order chi connectivity index (χ0) is 13.1. The summed E-state index contributed by atoms with van der Waals surface area (Å²) in [4.78, 5) is 10.9. The van der Waals surface area contributed by atoms with Crippen LogP contribution in [-0.2, 0) is 6.54 Å². The Balaban J connectivity index is 2.13. The Bertz CT molecular complexity index is 521. The summed E-state index contributed by atoms with van der Waals surface area (Å²) in [5.41, 5.74) is 8.06. The van der Waals surface area contributed by atoms with Crippen molar-refractivity contribution in [2.45, 2.75) is 26.4 Å². The van der Waals surface area contributed by atoms with E-state index in [1.54, 1.807) is 17.5 Å². The minimum absolute atomic E-state index is 0.0293. The maximum absolute atomic E-state index is 5.88. The summed E-state index contributed by atoms with van der Waals surface area (Å²) in [5.74, 6) is 0.926. The molecule has 5 heteroatoms. The van der Waals surface area contributed by atoms with Gasteiger partial charge in [0.15, 0.2) is 0 Å². The zero-order valence-electron chi connectivity index (χ0n) is 10.9. The van der Waals surface area contributed by atoms with Gasteiger partial charge >= 0.3 is 0 Å². The lowest BCUT2D eigenvalue weighted by Gasteiger charge is -2.18. The molecule has 2 N–H and O–H groups in total. The number of nitrogens with two attached hydrogens (primary N) is 1. The second-order valence-corrected chi connectivity index (χ2v) is 5.51. The summed E-state index contributed by atoms with van der Waals surface area (Å²) < 4.78 is 0. The summed E-state index contributed by atoms with van der Waals surface area (Å²) in [6.07, 6.45) is 1.80. The molecule has 0 saturated carbocycles. The Kier molecular flexibility index (Phi) is 3.93. The molecular formula is C13H18N4S. The van der Waals surface area contributed by atoms with Crippen LogP contribution in [0.5, 0.6) is 0 Å². The molecule has 2 aromatic heterocycles. The molecule has 18 heavy (non-hydrogen) atoms. The Labute approximate surface area is 111 Å². The van der Waals surface area contributed by atoms with Crippen LogP contribution in [0.3, 0.4) is 0 Å². The molecule has 1 atom stereocenters. The molecule has 0 bridgehead atoms. The normalized spacial score (nSPS) is 12.4. The molecule has 0 aromatic carbocycles. The maximum Gasteiger partial charge on any atom is 0.128 e. The van der Waals surface area contributed by atoms with Crippen LogP contribution in [-0.4, -0.2) is 17.0 Å². The minimum atomic E-state index is 0.0293. The molecule has 96 valence electrons. The highest BCUT2D eigenvalue weighted by molar-refractivity contribution is 7.09. The Morgan fingerprint density at radius 2 is 2.28 bits per heavy atom. The number of anilines is 1. The standard InChI is InChI=1S/C13H18N4S/c1-9(14)11-4-5-15-13(6-11)17(3)7-12-8-18-10(2)16-12/h4-6,8-9H,7,14H2,1-3H3. The number of pyridine rings is 1. The predicted molar refractivity (Wildman–Crippen MR) is 75.8 cm³/mol. The van der Waals surface area contributed by atoms with Gasteiger partial charge in [-0.05, 0) is 31.5 Å². The van der Waals surface area contributed by atoms with Crippen LogP contribution in [0.25, 0.3) is 0 Å². The van der Waals surface area contributed by atoms with Crippen LogP contribution >= 0.6 is 11.3 Å². The van der Waals surface area contributed by atoms with E-state index < -0.39 is 0 Å². The largest absolute Gasteiger partial charge is 0.354 e. The number of hydrogen-bond acceptors (Lipinski definition) is 5. The quantitative estimate of drug-likeness (QED) is 0.920. The molecular weight excluding hydrogens is 244 g/mol. The van der Waals surface area contributed by atoms with E-state index in [4.69, 9.17) is 5.73 Å². The molecule has 1 unspecified atom stereocenters. The van der Waals surface area contributed by atoms with Gasteiger partial charge < -0.3 is 10.6 Å². The topological polar surface area (TPSA) is 55.0 Å². The molecule has 0 spiro atoms. The van der Waals surface area contributed by atoms with Crippen molar-refractivity contribution >= 4 is 17.2 Å². The molecule has 0 saturated heterocycles. The van der Waals surface area contributed by atoms with Gasteiger partial charge in [0.1, 0.15) is 5.82 Å². The van der Waals surface area contributed by atoms with Crippen molar-refractivity contribution in [3.8, 4) is 0 Å². The lowest BCUT2D eigenvalue weighted by molar-refractivity contribution is 0.807. The molecule has 0 fully saturated rings. The average molecular weight is 262 g/mol. The highest BCUT2D eigenvalue weighted by Crippen LogP contribution is 2.18. The van der Waals surface area contributed by atoms with Crippen molar-refractivity contribution in [2.75, 3.05) is 11.9 Å². The molecule has 0 aliphatic carbocycles. The molecule has 0 radical (unpaired) electrons. The fourth-order valence-electron chi connectivity index (χ4n) is 1.73.